The van der Waals surface area contributed by atoms with Crippen molar-refractivity contribution in [2.45, 2.75) is 122 Å². The topological polar surface area (TPSA) is 219 Å². The third-order valence-corrected chi connectivity index (χ3v) is 16.8. The molecule has 13 nitrogen and oxygen atoms in total. The first kappa shape index (κ1) is 46.6. The molecule has 65 heavy (non-hydrogen) atoms. The van der Waals surface area contributed by atoms with E-state index in [1.54, 1.807) is 30.3 Å². The summed E-state index contributed by atoms with van der Waals surface area (Å²) in [6, 6.07) is 13.3. The second-order valence-corrected chi connectivity index (χ2v) is 20.5. The molecule has 0 aromatic heterocycles. The molecule has 348 valence electrons. The van der Waals surface area contributed by atoms with Gasteiger partial charge in [-0.15, -0.1) is 0 Å². The molecule has 0 radical (unpaired) electrons. The summed E-state index contributed by atoms with van der Waals surface area (Å²) in [6.45, 7) is 7.11. The minimum Gasteiger partial charge on any atom is -0.508 e. The van der Waals surface area contributed by atoms with Gasteiger partial charge in [0, 0.05) is 52.9 Å². The average molecular weight is 910 g/mol. The predicted molar refractivity (Wildman–Crippen MR) is 252 cm³/mol. The van der Waals surface area contributed by atoms with E-state index in [0.717, 1.165) is 38.4 Å². The average Bonchev–Trinajstić information content (AvgIpc) is 3.63. The quantitative estimate of drug-likeness (QED) is 0.0267. The van der Waals surface area contributed by atoms with E-state index < -0.39 is 24.2 Å². The van der Waals surface area contributed by atoms with Crippen molar-refractivity contribution in [3.8, 4) is 28.2 Å². The number of amides is 1. The third-order valence-electron chi connectivity index (χ3n) is 16.6. The van der Waals surface area contributed by atoms with Crippen LogP contribution in [0, 0.1) is 46.3 Å². The van der Waals surface area contributed by atoms with Gasteiger partial charge >= 0.3 is 5.97 Å². The molecular formula is C51H63N3O10S. The second kappa shape index (κ2) is 18.8. The highest BCUT2D eigenvalue weighted by atomic mass is 32.1. The first-order chi connectivity index (χ1) is 31.0. The van der Waals surface area contributed by atoms with Crippen LogP contribution in [0.4, 0.5) is 5.69 Å². The van der Waals surface area contributed by atoms with Gasteiger partial charge in [-0.05, 0) is 171 Å². The number of phenols is 1. The molecule has 8 rings (SSSR count). The van der Waals surface area contributed by atoms with E-state index in [-0.39, 0.29) is 82.4 Å². The van der Waals surface area contributed by atoms with Gasteiger partial charge < -0.3 is 45.9 Å². The fourth-order valence-corrected chi connectivity index (χ4v) is 13.4. The highest BCUT2D eigenvalue weighted by molar-refractivity contribution is 7.80. The van der Waals surface area contributed by atoms with Crippen LogP contribution in [0.15, 0.2) is 63.8 Å². The summed E-state index contributed by atoms with van der Waals surface area (Å²) in [5, 5.41) is 64.0. The Morgan fingerprint density at radius 1 is 0.938 bits per heavy atom. The molecule has 1 unspecified atom stereocenters. The van der Waals surface area contributed by atoms with Crippen molar-refractivity contribution >= 4 is 52.1 Å². The van der Waals surface area contributed by atoms with Crippen molar-refractivity contribution < 1.29 is 44.3 Å². The first-order valence-electron chi connectivity index (χ1n) is 23.4. The number of carbonyl (C=O) groups excluding carboxylic acids is 2. The number of hydrogen-bond donors (Lipinski definition) is 8. The minimum atomic E-state index is -1.09. The number of aldehydes is 1. The number of aliphatic hydroxyl groups is 3. The SMILES string of the molecule is C[C@H](CCC(=O)N[C@H](CCCCNC(=S)Nc1ccc(-c2c3ccc(=O)cc-3oc3cc(O)ccc23)c(C=O)c1)C(=O)O)[C@H]1CCC2[C@@H]3[C@H](O)C[C@@H]4C[C@H](O)CC[C@]4(C)[C@H]3C[C@H](O)[C@@]21C. The van der Waals surface area contributed by atoms with E-state index in [0.29, 0.717) is 88.4 Å². The van der Waals surface area contributed by atoms with Gasteiger partial charge in [0.2, 0.25) is 5.91 Å². The van der Waals surface area contributed by atoms with Crippen LogP contribution in [0.25, 0.3) is 33.4 Å². The van der Waals surface area contributed by atoms with Crippen LogP contribution in [0.2, 0.25) is 0 Å². The zero-order valence-corrected chi connectivity index (χ0v) is 38.2. The second-order valence-electron chi connectivity index (χ2n) is 20.1. The summed E-state index contributed by atoms with van der Waals surface area (Å²) >= 11 is 5.53. The third kappa shape index (κ3) is 9.03. The standard InChI is InChI=1S/C51H63N3O10S/c1-27(37-14-15-38-47-39(25-44(60)51(37,38)3)50(2)18-17-33(58)21-29(50)22-41(47)59)7-16-45(61)54-40(48(62)63)6-4-5-19-52-49(65)53-30-8-11-34(28(20-30)26-55)46-35-12-9-31(56)23-42(35)64-43-24-32(57)10-13-36(43)46/h8-13,20,23-24,26-27,29,33,37-41,44,47,56,58-60H,4-7,14-19,21-22,25H2,1-3H3,(H,54,61)(H,62,63)(H2,52,53,65)/t27-,29+,33-,37-,38?,39+,40-,41-,44+,47+,50+,51-/m1/s1. The molecule has 5 aliphatic carbocycles. The number of rotatable bonds is 14. The Kier molecular flexibility index (Phi) is 13.5. The van der Waals surface area contributed by atoms with E-state index in [1.807, 2.05) is 0 Å². The molecule has 1 amide bonds. The number of fused-ring (bicyclic) bond motifs is 7. The number of unbranched alkanes of at least 4 members (excludes halogenated alkanes) is 1. The summed E-state index contributed by atoms with van der Waals surface area (Å²) in [4.78, 5) is 50.0. The van der Waals surface area contributed by atoms with E-state index >= 15 is 0 Å². The predicted octanol–water partition coefficient (Wildman–Crippen LogP) is 7.49. The first-order valence-corrected chi connectivity index (χ1v) is 23.8. The van der Waals surface area contributed by atoms with Crippen molar-refractivity contribution in [1.29, 1.82) is 0 Å². The lowest BCUT2D eigenvalue weighted by molar-refractivity contribution is -0.207. The van der Waals surface area contributed by atoms with Crippen LogP contribution < -0.4 is 21.4 Å². The molecule has 1 aliphatic heterocycles. The van der Waals surface area contributed by atoms with Crippen LogP contribution in [0.1, 0.15) is 108 Å². The lowest BCUT2D eigenvalue weighted by Gasteiger charge is -2.63. The van der Waals surface area contributed by atoms with Gasteiger partial charge in [0.05, 0.1) is 18.3 Å². The van der Waals surface area contributed by atoms with Crippen LogP contribution >= 0.6 is 12.2 Å². The van der Waals surface area contributed by atoms with Crippen LogP contribution in [-0.4, -0.2) is 79.7 Å². The van der Waals surface area contributed by atoms with E-state index in [1.165, 1.54) is 24.3 Å². The summed E-state index contributed by atoms with van der Waals surface area (Å²) in [7, 11) is 0. The maximum Gasteiger partial charge on any atom is 0.326 e. The normalized spacial score (nSPS) is 30.4. The molecule has 0 bridgehead atoms. The lowest BCUT2D eigenvalue weighted by Crippen LogP contribution is -2.62. The van der Waals surface area contributed by atoms with Crippen molar-refractivity contribution in [1.82, 2.24) is 10.6 Å². The number of anilines is 1. The van der Waals surface area contributed by atoms with Gasteiger partial charge in [0.25, 0.3) is 0 Å². The number of carboxylic acid groups (broad SMARTS) is 1. The Bertz CT molecular complexity index is 2480. The van der Waals surface area contributed by atoms with Crippen LogP contribution in [-0.2, 0) is 9.59 Å². The van der Waals surface area contributed by atoms with Crippen LogP contribution in [0.3, 0.4) is 0 Å². The van der Waals surface area contributed by atoms with Gasteiger partial charge in [0.1, 0.15) is 23.1 Å². The van der Waals surface area contributed by atoms with E-state index in [2.05, 4.69) is 36.7 Å². The highest BCUT2D eigenvalue weighted by Gasteiger charge is 2.65. The number of aliphatic carboxylic acids is 1. The molecule has 2 aromatic carbocycles. The Labute approximate surface area is 384 Å². The molecular weight excluding hydrogens is 847 g/mol. The fraction of sp³-hybridized carbons (Fsp3) is 0.549. The van der Waals surface area contributed by atoms with E-state index in [4.69, 9.17) is 16.6 Å². The summed E-state index contributed by atoms with van der Waals surface area (Å²) in [5.74, 6) is -0.00700. The summed E-state index contributed by atoms with van der Waals surface area (Å²) in [6.07, 6.45) is 7.19. The molecule has 6 aliphatic rings. The minimum absolute atomic E-state index is 0.00208. The largest absolute Gasteiger partial charge is 0.508 e. The summed E-state index contributed by atoms with van der Waals surface area (Å²) in [5.41, 5.74) is 2.57. The van der Waals surface area contributed by atoms with Crippen molar-refractivity contribution in [3.05, 3.63) is 70.4 Å². The summed E-state index contributed by atoms with van der Waals surface area (Å²) < 4.78 is 5.95. The number of benzene rings is 3. The molecule has 0 saturated heterocycles. The molecule has 8 N–H and O–H groups in total. The maximum absolute atomic E-state index is 13.2. The van der Waals surface area contributed by atoms with Gasteiger partial charge in [-0.25, -0.2) is 4.79 Å². The van der Waals surface area contributed by atoms with Crippen molar-refractivity contribution in [3.63, 3.8) is 0 Å². The van der Waals surface area contributed by atoms with E-state index in [9.17, 15) is 44.7 Å². The number of carbonyl (C=O) groups is 3. The number of aromatic hydroxyl groups is 1. The van der Waals surface area contributed by atoms with Crippen LogP contribution in [0.5, 0.6) is 5.75 Å². The van der Waals surface area contributed by atoms with Crippen molar-refractivity contribution in [2.24, 2.45) is 46.3 Å². The van der Waals surface area contributed by atoms with Gasteiger partial charge in [0.15, 0.2) is 16.8 Å². The lowest BCUT2D eigenvalue weighted by atomic mass is 9.43. The van der Waals surface area contributed by atoms with Gasteiger partial charge in [-0.3, -0.25) is 14.4 Å². The number of phenolic OH excluding ortho intramolecular Hbond substituents is 1. The molecule has 12 atom stereocenters. The Morgan fingerprint density at radius 2 is 1.72 bits per heavy atom. The maximum atomic E-state index is 13.2. The molecule has 2 aromatic rings. The molecule has 4 saturated carbocycles. The Morgan fingerprint density at radius 3 is 2.49 bits per heavy atom. The van der Waals surface area contributed by atoms with Gasteiger partial charge in [-0.2, -0.15) is 0 Å². The molecule has 14 heteroatoms. The number of carboxylic acids is 1. The monoisotopic (exact) mass is 909 g/mol. The Hall–Kier alpha value is -4.89. The zero-order valence-electron chi connectivity index (χ0n) is 37.4. The molecule has 4 fully saturated rings. The smallest absolute Gasteiger partial charge is 0.326 e. The van der Waals surface area contributed by atoms with Crippen molar-refractivity contribution in [2.75, 3.05) is 11.9 Å². The number of aliphatic hydroxyl groups excluding tert-OH is 3. The molecule has 0 spiro atoms. The number of nitrogens with one attached hydrogen (secondary N) is 3. The molecule has 1 heterocycles. The Balaban J connectivity index is 0.805. The zero-order chi connectivity index (χ0) is 46.4. The highest BCUT2D eigenvalue weighted by Crippen LogP contribution is 2.68. The number of hydrogen-bond acceptors (Lipinski definition) is 10. The number of thiocarbonyl (C=S) groups is 1. The van der Waals surface area contributed by atoms with Gasteiger partial charge in [-0.1, -0.05) is 26.8 Å². The fourth-order valence-electron chi connectivity index (χ4n) is 13.2.